The number of ether oxygens (including phenoxy) is 2. The van der Waals surface area contributed by atoms with Gasteiger partial charge in [-0.15, -0.1) is 0 Å². The number of nitro groups is 1. The van der Waals surface area contributed by atoms with Crippen molar-refractivity contribution in [2.75, 3.05) is 18.9 Å². The van der Waals surface area contributed by atoms with Crippen LogP contribution in [0.5, 0.6) is 5.75 Å². The molecule has 0 aliphatic heterocycles. The number of rotatable bonds is 6. The topological polar surface area (TPSA) is 105 Å². The first-order valence-electron chi connectivity index (χ1n) is 6.88. The van der Waals surface area contributed by atoms with Crippen LogP contribution >= 0.6 is 0 Å². The summed E-state index contributed by atoms with van der Waals surface area (Å²) in [5, 5.41) is 10.8. The van der Waals surface area contributed by atoms with E-state index in [1.165, 1.54) is 12.1 Å². The third kappa shape index (κ3) is 4.19. The van der Waals surface area contributed by atoms with Crippen molar-refractivity contribution in [1.82, 2.24) is 0 Å². The molecule has 0 radical (unpaired) electrons. The Bertz CT molecular complexity index is 730. The molecule has 7 nitrogen and oxygen atoms in total. The lowest BCUT2D eigenvalue weighted by Crippen LogP contribution is -2.13. The summed E-state index contributed by atoms with van der Waals surface area (Å²) in [5.74, 6) is 0.0492. The number of esters is 1. The highest BCUT2D eigenvalue weighted by molar-refractivity contribution is 5.91. The lowest BCUT2D eigenvalue weighted by molar-refractivity contribution is -0.383. The number of carbonyl (C=O) groups excluding carboxylic acids is 1. The van der Waals surface area contributed by atoms with Gasteiger partial charge < -0.3 is 15.2 Å². The van der Waals surface area contributed by atoms with E-state index < -0.39 is 10.9 Å². The van der Waals surface area contributed by atoms with Crippen LogP contribution in [0.3, 0.4) is 0 Å². The predicted molar refractivity (Wildman–Crippen MR) is 84.5 cm³/mol. The van der Waals surface area contributed by atoms with Crippen molar-refractivity contribution in [3.05, 3.63) is 63.7 Å². The van der Waals surface area contributed by atoms with Crippen LogP contribution in [0.1, 0.15) is 15.9 Å². The first-order valence-corrected chi connectivity index (χ1v) is 6.88. The highest BCUT2D eigenvalue weighted by atomic mass is 16.6. The van der Waals surface area contributed by atoms with E-state index in [9.17, 15) is 14.9 Å². The van der Waals surface area contributed by atoms with Gasteiger partial charge in [0.25, 0.3) is 5.69 Å². The molecule has 0 bridgehead atoms. The molecule has 0 saturated carbocycles. The Labute approximate surface area is 132 Å². The summed E-state index contributed by atoms with van der Waals surface area (Å²) in [6, 6.07) is 11.3. The maximum atomic E-state index is 11.9. The van der Waals surface area contributed by atoms with Crippen molar-refractivity contribution in [2.24, 2.45) is 0 Å². The molecule has 2 rings (SSSR count). The average molecular weight is 316 g/mol. The van der Waals surface area contributed by atoms with E-state index in [0.29, 0.717) is 5.75 Å². The van der Waals surface area contributed by atoms with E-state index in [2.05, 4.69) is 0 Å². The standard InChI is InChI=1S/C16H16N2O5/c1-11-4-2-3-5-15(11)22-8-9-23-16(19)12-6-7-13(17)14(10-12)18(20)21/h2-7,10H,8-9,17H2,1H3. The minimum Gasteiger partial charge on any atom is -0.490 e. The third-order valence-electron chi connectivity index (χ3n) is 3.13. The molecule has 0 saturated heterocycles. The molecule has 2 N–H and O–H groups in total. The molecular weight excluding hydrogens is 300 g/mol. The second-order valence-electron chi connectivity index (χ2n) is 4.78. The maximum absolute atomic E-state index is 11.9. The third-order valence-corrected chi connectivity index (χ3v) is 3.13. The van der Waals surface area contributed by atoms with Crippen molar-refractivity contribution >= 4 is 17.3 Å². The molecular formula is C16H16N2O5. The molecule has 0 amide bonds. The zero-order chi connectivity index (χ0) is 16.8. The van der Waals surface area contributed by atoms with Crippen molar-refractivity contribution in [2.45, 2.75) is 6.92 Å². The molecule has 2 aromatic rings. The molecule has 7 heteroatoms. The zero-order valence-corrected chi connectivity index (χ0v) is 12.5. The Morgan fingerprint density at radius 2 is 1.96 bits per heavy atom. The van der Waals surface area contributed by atoms with Crippen molar-refractivity contribution in [1.29, 1.82) is 0 Å². The Kier molecular flexibility index (Phi) is 5.14. The van der Waals surface area contributed by atoms with E-state index in [4.69, 9.17) is 15.2 Å². The smallest absolute Gasteiger partial charge is 0.338 e. The van der Waals surface area contributed by atoms with Gasteiger partial charge in [0.2, 0.25) is 0 Å². The van der Waals surface area contributed by atoms with Crippen molar-refractivity contribution in [3.63, 3.8) is 0 Å². The summed E-state index contributed by atoms with van der Waals surface area (Å²) in [5.41, 5.74) is 6.20. The minimum atomic E-state index is -0.665. The van der Waals surface area contributed by atoms with E-state index in [1.54, 1.807) is 0 Å². The second kappa shape index (κ2) is 7.26. The number of nitro benzene ring substituents is 1. The number of para-hydroxylation sites is 1. The normalized spacial score (nSPS) is 10.1. The van der Waals surface area contributed by atoms with Crippen LogP contribution in [0, 0.1) is 17.0 Å². The second-order valence-corrected chi connectivity index (χ2v) is 4.78. The van der Waals surface area contributed by atoms with Gasteiger partial charge >= 0.3 is 5.97 Å². The Balaban J connectivity index is 1.89. The molecule has 0 aliphatic rings. The van der Waals surface area contributed by atoms with Crippen LogP contribution in [0.2, 0.25) is 0 Å². The highest BCUT2D eigenvalue weighted by Gasteiger charge is 2.16. The minimum absolute atomic E-state index is 0.00515. The molecule has 0 aliphatic carbocycles. The summed E-state index contributed by atoms with van der Waals surface area (Å²) in [7, 11) is 0. The Morgan fingerprint density at radius 1 is 1.22 bits per heavy atom. The van der Waals surface area contributed by atoms with E-state index in [-0.39, 0.29) is 30.2 Å². The lowest BCUT2D eigenvalue weighted by atomic mass is 10.2. The number of hydrogen-bond acceptors (Lipinski definition) is 6. The SMILES string of the molecule is Cc1ccccc1OCCOC(=O)c1ccc(N)c([N+](=O)[O-])c1. The molecule has 2 aromatic carbocycles. The van der Waals surface area contributed by atoms with Gasteiger partial charge in [0.05, 0.1) is 10.5 Å². The maximum Gasteiger partial charge on any atom is 0.338 e. The lowest BCUT2D eigenvalue weighted by Gasteiger charge is -2.09. The number of anilines is 1. The van der Waals surface area contributed by atoms with Gasteiger partial charge in [0.1, 0.15) is 24.7 Å². The number of nitrogens with two attached hydrogens (primary N) is 1. The fourth-order valence-electron chi connectivity index (χ4n) is 1.92. The van der Waals surface area contributed by atoms with Gasteiger partial charge in [-0.2, -0.15) is 0 Å². The van der Waals surface area contributed by atoms with Crippen LogP contribution in [-0.2, 0) is 4.74 Å². The summed E-state index contributed by atoms with van der Waals surface area (Å²) >= 11 is 0. The van der Waals surface area contributed by atoms with Gasteiger partial charge in [-0.25, -0.2) is 4.79 Å². The summed E-state index contributed by atoms with van der Waals surface area (Å²) < 4.78 is 10.5. The van der Waals surface area contributed by atoms with Crippen LogP contribution in [0.25, 0.3) is 0 Å². The van der Waals surface area contributed by atoms with E-state index in [1.807, 2.05) is 31.2 Å². The monoisotopic (exact) mass is 316 g/mol. The fourth-order valence-corrected chi connectivity index (χ4v) is 1.92. The molecule has 0 aromatic heterocycles. The van der Waals surface area contributed by atoms with Crippen LogP contribution in [-0.4, -0.2) is 24.1 Å². The van der Waals surface area contributed by atoms with Crippen molar-refractivity contribution in [3.8, 4) is 5.75 Å². The predicted octanol–water partition coefficient (Wildman–Crippen LogP) is 2.72. The molecule has 0 fully saturated rings. The van der Waals surface area contributed by atoms with E-state index in [0.717, 1.165) is 11.6 Å². The molecule has 0 spiro atoms. The average Bonchev–Trinajstić information content (AvgIpc) is 2.53. The molecule has 0 heterocycles. The first kappa shape index (κ1) is 16.3. The van der Waals surface area contributed by atoms with Gasteiger partial charge in [-0.1, -0.05) is 18.2 Å². The number of aryl methyl sites for hydroxylation is 1. The zero-order valence-electron chi connectivity index (χ0n) is 12.5. The van der Waals surface area contributed by atoms with Gasteiger partial charge in [0, 0.05) is 6.07 Å². The summed E-state index contributed by atoms with van der Waals surface area (Å²) in [6.07, 6.45) is 0. The van der Waals surface area contributed by atoms with Gasteiger partial charge in [0.15, 0.2) is 0 Å². The first-order chi connectivity index (χ1) is 11.0. The Hall–Kier alpha value is -3.09. The van der Waals surface area contributed by atoms with Crippen molar-refractivity contribution < 1.29 is 19.2 Å². The fraction of sp³-hybridized carbons (Fsp3) is 0.188. The number of nitrogens with zero attached hydrogens (tertiary/aromatic N) is 1. The highest BCUT2D eigenvalue weighted by Crippen LogP contribution is 2.22. The summed E-state index contributed by atoms with van der Waals surface area (Å²) in [4.78, 5) is 22.0. The van der Waals surface area contributed by atoms with Crippen LogP contribution in [0.4, 0.5) is 11.4 Å². The van der Waals surface area contributed by atoms with E-state index >= 15 is 0 Å². The van der Waals surface area contributed by atoms with Gasteiger partial charge in [-0.3, -0.25) is 10.1 Å². The molecule has 120 valence electrons. The Morgan fingerprint density at radius 3 is 2.65 bits per heavy atom. The molecule has 0 atom stereocenters. The number of benzene rings is 2. The number of carbonyl (C=O) groups is 1. The number of nitrogen functional groups attached to an aromatic ring is 1. The van der Waals surface area contributed by atoms with Gasteiger partial charge in [-0.05, 0) is 30.7 Å². The summed E-state index contributed by atoms with van der Waals surface area (Å²) in [6.45, 7) is 2.13. The molecule has 0 unspecified atom stereocenters. The van der Waals surface area contributed by atoms with Crippen LogP contribution in [0.15, 0.2) is 42.5 Å². The number of hydrogen-bond donors (Lipinski definition) is 1. The quantitative estimate of drug-likeness (QED) is 0.289. The molecule has 23 heavy (non-hydrogen) atoms. The van der Waals surface area contributed by atoms with Crippen LogP contribution < -0.4 is 10.5 Å². The largest absolute Gasteiger partial charge is 0.490 e.